The summed E-state index contributed by atoms with van der Waals surface area (Å²) >= 11 is 0. The van der Waals surface area contributed by atoms with Gasteiger partial charge in [-0.05, 0) is 44.2 Å². The van der Waals surface area contributed by atoms with Crippen LogP contribution in [0.3, 0.4) is 0 Å². The molecule has 0 aliphatic carbocycles. The minimum atomic E-state index is -0.602. The monoisotopic (exact) mass is 444 g/mol. The van der Waals surface area contributed by atoms with E-state index < -0.39 is 5.97 Å². The molecule has 164 valence electrons. The van der Waals surface area contributed by atoms with E-state index in [0.717, 1.165) is 11.1 Å². The van der Waals surface area contributed by atoms with Crippen molar-refractivity contribution in [1.29, 1.82) is 0 Å². The summed E-state index contributed by atoms with van der Waals surface area (Å²) in [5.41, 5.74) is 4.09. The van der Waals surface area contributed by atoms with Gasteiger partial charge in [-0.2, -0.15) is 4.98 Å². The first kappa shape index (κ1) is 20.5. The topological polar surface area (TPSA) is 104 Å². The van der Waals surface area contributed by atoms with Gasteiger partial charge in [-0.25, -0.2) is 14.2 Å². The third-order valence-corrected chi connectivity index (χ3v) is 5.08. The van der Waals surface area contributed by atoms with Crippen LogP contribution in [0.15, 0.2) is 63.6 Å². The normalized spacial score (nSPS) is 11.1. The number of rotatable bonds is 5. The lowest BCUT2D eigenvalue weighted by atomic mass is 10.0. The Labute approximate surface area is 187 Å². The molecule has 0 saturated heterocycles. The molecule has 0 spiro atoms. The molecule has 0 amide bonds. The highest BCUT2D eigenvalue weighted by atomic mass is 19.1. The van der Waals surface area contributed by atoms with Crippen molar-refractivity contribution in [3.05, 3.63) is 83.1 Å². The molecule has 3 aromatic heterocycles. The standard InChI is InChI=1S/C24H17FN4O4/c1-13-3-5-15(6-4-13)19-11-18(21-14(2)28-33-23(21)26-19)24(30)31-12-20-27-22(32-29-20)16-7-9-17(25)10-8-16/h3-11H,12H2,1-2H3. The van der Waals surface area contributed by atoms with E-state index in [9.17, 15) is 9.18 Å². The van der Waals surface area contributed by atoms with E-state index in [4.69, 9.17) is 13.8 Å². The summed E-state index contributed by atoms with van der Waals surface area (Å²) in [6.07, 6.45) is 0. The Balaban J connectivity index is 1.41. The fourth-order valence-corrected chi connectivity index (χ4v) is 3.36. The van der Waals surface area contributed by atoms with Crippen molar-refractivity contribution in [2.45, 2.75) is 20.5 Å². The molecule has 0 fully saturated rings. The zero-order chi connectivity index (χ0) is 22.9. The van der Waals surface area contributed by atoms with E-state index in [2.05, 4.69) is 20.3 Å². The van der Waals surface area contributed by atoms with Gasteiger partial charge in [0.1, 0.15) is 5.82 Å². The minimum Gasteiger partial charge on any atom is -0.454 e. The fourth-order valence-electron chi connectivity index (χ4n) is 3.36. The number of aryl methyl sites for hydroxylation is 2. The van der Waals surface area contributed by atoms with Gasteiger partial charge in [-0.1, -0.05) is 40.1 Å². The molecule has 0 aliphatic rings. The van der Waals surface area contributed by atoms with Gasteiger partial charge in [0, 0.05) is 11.1 Å². The van der Waals surface area contributed by atoms with Crippen molar-refractivity contribution in [2.24, 2.45) is 0 Å². The van der Waals surface area contributed by atoms with E-state index >= 15 is 0 Å². The number of aromatic nitrogens is 4. The molecular weight excluding hydrogens is 427 g/mol. The van der Waals surface area contributed by atoms with Crippen LogP contribution < -0.4 is 0 Å². The second-order valence-electron chi connectivity index (χ2n) is 7.47. The Morgan fingerprint density at radius 3 is 2.42 bits per heavy atom. The predicted molar refractivity (Wildman–Crippen MR) is 116 cm³/mol. The van der Waals surface area contributed by atoms with Crippen LogP contribution in [0.25, 0.3) is 33.8 Å². The van der Waals surface area contributed by atoms with Gasteiger partial charge in [0.2, 0.25) is 5.82 Å². The molecule has 33 heavy (non-hydrogen) atoms. The number of carbonyl (C=O) groups excluding carboxylic acids is 1. The third-order valence-electron chi connectivity index (χ3n) is 5.08. The first-order valence-corrected chi connectivity index (χ1v) is 10.1. The molecule has 0 N–H and O–H groups in total. The Morgan fingerprint density at radius 1 is 0.939 bits per heavy atom. The number of ether oxygens (including phenoxy) is 1. The number of hydrogen-bond acceptors (Lipinski definition) is 8. The van der Waals surface area contributed by atoms with Gasteiger partial charge in [0.05, 0.1) is 22.3 Å². The summed E-state index contributed by atoms with van der Waals surface area (Å²) in [6.45, 7) is 3.50. The smallest absolute Gasteiger partial charge is 0.339 e. The van der Waals surface area contributed by atoms with E-state index in [1.54, 1.807) is 13.0 Å². The van der Waals surface area contributed by atoms with Crippen molar-refractivity contribution < 1.29 is 23.0 Å². The van der Waals surface area contributed by atoms with Crippen LogP contribution in [0.2, 0.25) is 0 Å². The molecule has 0 unspecified atom stereocenters. The van der Waals surface area contributed by atoms with Gasteiger partial charge < -0.3 is 13.8 Å². The Kier molecular flexibility index (Phi) is 5.14. The van der Waals surface area contributed by atoms with Crippen molar-refractivity contribution >= 4 is 17.1 Å². The molecule has 0 aliphatic heterocycles. The van der Waals surface area contributed by atoms with Crippen molar-refractivity contribution in [3.8, 4) is 22.7 Å². The number of carbonyl (C=O) groups is 1. The zero-order valence-electron chi connectivity index (χ0n) is 17.7. The van der Waals surface area contributed by atoms with E-state index in [1.165, 1.54) is 24.3 Å². The van der Waals surface area contributed by atoms with Crippen LogP contribution >= 0.6 is 0 Å². The SMILES string of the molecule is Cc1ccc(-c2cc(C(=O)OCc3noc(-c4ccc(F)cc4)n3)c3c(C)noc3n2)cc1. The summed E-state index contributed by atoms with van der Waals surface area (Å²) in [6, 6.07) is 15.0. The predicted octanol–water partition coefficient (Wildman–Crippen LogP) is 5.05. The summed E-state index contributed by atoms with van der Waals surface area (Å²) in [7, 11) is 0. The van der Waals surface area contributed by atoms with Crippen LogP contribution in [-0.2, 0) is 11.3 Å². The molecule has 9 heteroatoms. The lowest BCUT2D eigenvalue weighted by Crippen LogP contribution is -2.08. The van der Waals surface area contributed by atoms with Crippen LogP contribution in [0.1, 0.15) is 27.4 Å². The van der Waals surface area contributed by atoms with Gasteiger partial charge in [0.25, 0.3) is 11.6 Å². The van der Waals surface area contributed by atoms with Crippen LogP contribution in [0.5, 0.6) is 0 Å². The van der Waals surface area contributed by atoms with Crippen LogP contribution in [0.4, 0.5) is 4.39 Å². The average molecular weight is 444 g/mol. The molecule has 0 radical (unpaired) electrons. The number of halogens is 1. The lowest BCUT2D eigenvalue weighted by molar-refractivity contribution is 0.0462. The highest BCUT2D eigenvalue weighted by Crippen LogP contribution is 2.28. The Hall–Kier alpha value is -4.40. The molecule has 5 rings (SSSR count). The number of benzene rings is 2. The van der Waals surface area contributed by atoms with Crippen molar-refractivity contribution in [3.63, 3.8) is 0 Å². The Morgan fingerprint density at radius 2 is 1.67 bits per heavy atom. The first-order valence-electron chi connectivity index (χ1n) is 10.1. The number of nitrogens with zero attached hydrogens (tertiary/aromatic N) is 4. The molecule has 0 bridgehead atoms. The molecule has 3 heterocycles. The van der Waals surface area contributed by atoms with E-state index in [-0.39, 0.29) is 35.4 Å². The second kappa shape index (κ2) is 8.27. The molecule has 0 atom stereocenters. The maximum atomic E-state index is 13.1. The lowest BCUT2D eigenvalue weighted by Gasteiger charge is -2.07. The summed E-state index contributed by atoms with van der Waals surface area (Å²) in [5, 5.41) is 8.24. The molecular formula is C24H17FN4O4. The number of hydrogen-bond donors (Lipinski definition) is 0. The largest absolute Gasteiger partial charge is 0.454 e. The summed E-state index contributed by atoms with van der Waals surface area (Å²) in [5.74, 6) is -0.599. The maximum Gasteiger partial charge on any atom is 0.339 e. The van der Waals surface area contributed by atoms with Gasteiger partial charge in [-0.3, -0.25) is 0 Å². The maximum absolute atomic E-state index is 13.1. The van der Waals surface area contributed by atoms with E-state index in [0.29, 0.717) is 22.3 Å². The first-order chi connectivity index (χ1) is 16.0. The average Bonchev–Trinajstić information content (AvgIpc) is 3.45. The van der Waals surface area contributed by atoms with Gasteiger partial charge >= 0.3 is 5.97 Å². The molecule has 5 aromatic rings. The summed E-state index contributed by atoms with van der Waals surface area (Å²) < 4.78 is 29.0. The number of fused-ring (bicyclic) bond motifs is 1. The van der Waals surface area contributed by atoms with Crippen LogP contribution in [-0.4, -0.2) is 26.3 Å². The molecule has 2 aromatic carbocycles. The fraction of sp³-hybridized carbons (Fsp3) is 0.125. The highest BCUT2D eigenvalue weighted by Gasteiger charge is 2.21. The number of esters is 1. The second-order valence-corrected chi connectivity index (χ2v) is 7.47. The van der Waals surface area contributed by atoms with E-state index in [1.807, 2.05) is 31.2 Å². The molecule has 0 saturated carbocycles. The van der Waals surface area contributed by atoms with Gasteiger partial charge in [-0.15, -0.1) is 0 Å². The summed E-state index contributed by atoms with van der Waals surface area (Å²) in [4.78, 5) is 21.7. The minimum absolute atomic E-state index is 0.175. The van der Waals surface area contributed by atoms with Gasteiger partial charge in [0.15, 0.2) is 6.61 Å². The quantitative estimate of drug-likeness (QED) is 0.347. The van der Waals surface area contributed by atoms with Crippen molar-refractivity contribution in [1.82, 2.24) is 20.3 Å². The zero-order valence-corrected chi connectivity index (χ0v) is 17.7. The Bertz CT molecular complexity index is 1460. The molecule has 8 nitrogen and oxygen atoms in total. The third kappa shape index (κ3) is 4.08. The van der Waals surface area contributed by atoms with Crippen LogP contribution in [0, 0.1) is 19.7 Å². The van der Waals surface area contributed by atoms with Crippen molar-refractivity contribution in [2.75, 3.05) is 0 Å². The number of pyridine rings is 1. The highest BCUT2D eigenvalue weighted by molar-refractivity contribution is 6.04.